The van der Waals surface area contributed by atoms with Crippen molar-refractivity contribution in [3.8, 4) is 0 Å². The summed E-state index contributed by atoms with van der Waals surface area (Å²) in [5.74, 6) is -0.124. The van der Waals surface area contributed by atoms with Gasteiger partial charge in [-0.2, -0.15) is 0 Å². The summed E-state index contributed by atoms with van der Waals surface area (Å²) in [6, 6.07) is 0. The second-order valence-corrected chi connectivity index (χ2v) is 4.15. The van der Waals surface area contributed by atoms with Crippen LogP contribution in [0.15, 0.2) is 12.2 Å². The molecule has 1 fully saturated rings. The maximum Gasteiger partial charge on any atom is 0.229 e. The van der Waals surface area contributed by atoms with Crippen molar-refractivity contribution >= 4 is 11.8 Å². The molecule has 0 unspecified atom stereocenters. The second-order valence-electron chi connectivity index (χ2n) is 4.15. The smallest absolute Gasteiger partial charge is 0.229 e. The fraction of sp³-hybridized carbons (Fsp3) is 0.667. The van der Waals surface area contributed by atoms with Crippen LogP contribution in [0.1, 0.15) is 32.6 Å². The fourth-order valence-corrected chi connectivity index (χ4v) is 1.70. The maximum absolute atomic E-state index is 11.5. The lowest BCUT2D eigenvalue weighted by atomic mass is 10.1. The van der Waals surface area contributed by atoms with Gasteiger partial charge in [-0.25, -0.2) is 0 Å². The highest BCUT2D eigenvalue weighted by Gasteiger charge is 2.25. The third kappa shape index (κ3) is 3.77. The van der Waals surface area contributed by atoms with Gasteiger partial charge < -0.3 is 5.32 Å². The summed E-state index contributed by atoms with van der Waals surface area (Å²) in [5.41, 5.74) is 0.886. The molecule has 1 heterocycles. The fourth-order valence-electron chi connectivity index (χ4n) is 1.70. The van der Waals surface area contributed by atoms with Gasteiger partial charge in [0.2, 0.25) is 11.8 Å². The molecular formula is C12H20N2O2. The average Bonchev–Trinajstić information content (AvgIpc) is 2.24. The van der Waals surface area contributed by atoms with Crippen molar-refractivity contribution in [1.29, 1.82) is 0 Å². The predicted octanol–water partition coefficient (Wildman–Crippen LogP) is 1.08. The molecule has 0 spiro atoms. The molecule has 16 heavy (non-hydrogen) atoms. The van der Waals surface area contributed by atoms with Crippen LogP contribution in [0.3, 0.4) is 0 Å². The first-order valence-electron chi connectivity index (χ1n) is 5.85. The quantitative estimate of drug-likeness (QED) is 0.417. The molecule has 1 aliphatic heterocycles. The van der Waals surface area contributed by atoms with Crippen molar-refractivity contribution in [2.75, 3.05) is 19.6 Å². The summed E-state index contributed by atoms with van der Waals surface area (Å²) in [4.78, 5) is 24.4. The molecule has 1 N–H and O–H groups in total. The molecule has 0 atom stereocenters. The van der Waals surface area contributed by atoms with Crippen LogP contribution in [0.25, 0.3) is 0 Å². The van der Waals surface area contributed by atoms with E-state index in [-0.39, 0.29) is 11.8 Å². The molecule has 0 bridgehead atoms. The SMILES string of the molecule is C=C(CNCCC)CN1C(=O)CCCC1=O. The summed E-state index contributed by atoms with van der Waals surface area (Å²) >= 11 is 0. The Morgan fingerprint density at radius 1 is 1.38 bits per heavy atom. The van der Waals surface area contributed by atoms with Crippen molar-refractivity contribution in [1.82, 2.24) is 10.2 Å². The lowest BCUT2D eigenvalue weighted by Gasteiger charge is -2.25. The lowest BCUT2D eigenvalue weighted by Crippen LogP contribution is -2.42. The number of amides is 2. The molecule has 1 rings (SSSR count). The minimum absolute atomic E-state index is 0.0621. The Hall–Kier alpha value is -1.16. The zero-order valence-electron chi connectivity index (χ0n) is 9.92. The third-order valence-electron chi connectivity index (χ3n) is 2.57. The van der Waals surface area contributed by atoms with Crippen molar-refractivity contribution in [2.24, 2.45) is 0 Å². The van der Waals surface area contributed by atoms with Gasteiger partial charge in [0, 0.05) is 19.4 Å². The van der Waals surface area contributed by atoms with E-state index in [1.165, 1.54) is 4.90 Å². The molecule has 0 aliphatic carbocycles. The van der Waals surface area contributed by atoms with Crippen molar-refractivity contribution in [2.45, 2.75) is 32.6 Å². The van der Waals surface area contributed by atoms with Gasteiger partial charge in [-0.1, -0.05) is 13.5 Å². The van der Waals surface area contributed by atoms with Gasteiger partial charge in [-0.05, 0) is 25.0 Å². The Morgan fingerprint density at radius 3 is 2.56 bits per heavy atom. The Kier molecular flexibility index (Phi) is 5.19. The number of carbonyl (C=O) groups excluding carboxylic acids is 2. The van der Waals surface area contributed by atoms with E-state index in [4.69, 9.17) is 0 Å². The van der Waals surface area contributed by atoms with Gasteiger partial charge in [-0.15, -0.1) is 0 Å². The van der Waals surface area contributed by atoms with E-state index in [9.17, 15) is 9.59 Å². The minimum atomic E-state index is -0.0621. The summed E-state index contributed by atoms with van der Waals surface area (Å²) < 4.78 is 0. The first-order chi connectivity index (χ1) is 7.65. The number of likely N-dealkylation sites (tertiary alicyclic amines) is 1. The molecule has 0 aromatic heterocycles. The summed E-state index contributed by atoms with van der Waals surface area (Å²) in [5, 5.41) is 3.21. The van der Waals surface area contributed by atoms with E-state index in [2.05, 4.69) is 18.8 Å². The van der Waals surface area contributed by atoms with Gasteiger partial charge in [0.05, 0.1) is 6.54 Å². The van der Waals surface area contributed by atoms with Crippen molar-refractivity contribution in [3.63, 3.8) is 0 Å². The molecule has 0 saturated carbocycles. The van der Waals surface area contributed by atoms with Crippen LogP contribution in [0.2, 0.25) is 0 Å². The lowest BCUT2D eigenvalue weighted by molar-refractivity contribution is -0.147. The number of piperidine rings is 1. The maximum atomic E-state index is 11.5. The Balaban J connectivity index is 2.36. The summed E-state index contributed by atoms with van der Waals surface area (Å²) in [6.45, 7) is 7.94. The molecule has 90 valence electrons. The Bertz CT molecular complexity index is 271. The normalized spacial score (nSPS) is 16.7. The molecule has 2 amide bonds. The number of nitrogens with zero attached hydrogens (tertiary/aromatic N) is 1. The molecule has 0 aromatic rings. The van der Waals surface area contributed by atoms with E-state index < -0.39 is 0 Å². The second kappa shape index (κ2) is 6.43. The number of nitrogens with one attached hydrogen (secondary N) is 1. The molecule has 0 radical (unpaired) electrons. The standard InChI is InChI=1S/C12H20N2O2/c1-3-7-13-8-10(2)9-14-11(15)5-4-6-12(14)16/h13H,2-9H2,1H3. The minimum Gasteiger partial charge on any atom is -0.313 e. The van der Waals surface area contributed by atoms with Crippen LogP contribution in [0.4, 0.5) is 0 Å². The average molecular weight is 224 g/mol. The van der Waals surface area contributed by atoms with Crippen LogP contribution in [-0.2, 0) is 9.59 Å². The first kappa shape index (κ1) is 12.9. The van der Waals surface area contributed by atoms with Crippen LogP contribution >= 0.6 is 0 Å². The molecule has 0 aromatic carbocycles. The van der Waals surface area contributed by atoms with Crippen molar-refractivity contribution in [3.05, 3.63) is 12.2 Å². The number of carbonyl (C=O) groups is 2. The highest BCUT2D eigenvalue weighted by atomic mass is 16.2. The van der Waals surface area contributed by atoms with Gasteiger partial charge in [-0.3, -0.25) is 14.5 Å². The van der Waals surface area contributed by atoms with Crippen LogP contribution in [0.5, 0.6) is 0 Å². The van der Waals surface area contributed by atoms with Gasteiger partial charge in [0.1, 0.15) is 0 Å². The number of rotatable bonds is 6. The van der Waals surface area contributed by atoms with Gasteiger partial charge in [0.15, 0.2) is 0 Å². The predicted molar refractivity (Wildman–Crippen MR) is 62.9 cm³/mol. The highest BCUT2D eigenvalue weighted by molar-refractivity contribution is 5.97. The van der Waals surface area contributed by atoms with Gasteiger partial charge in [0.25, 0.3) is 0 Å². The Morgan fingerprint density at radius 2 is 2.00 bits per heavy atom. The molecule has 4 nitrogen and oxygen atoms in total. The molecular weight excluding hydrogens is 204 g/mol. The molecule has 4 heteroatoms. The van der Waals surface area contributed by atoms with Crippen LogP contribution in [0, 0.1) is 0 Å². The zero-order chi connectivity index (χ0) is 12.0. The van der Waals surface area contributed by atoms with E-state index in [0.717, 1.165) is 18.5 Å². The molecule has 1 aliphatic rings. The summed E-state index contributed by atoms with van der Waals surface area (Å²) in [6.07, 6.45) is 2.73. The highest BCUT2D eigenvalue weighted by Crippen LogP contribution is 2.13. The zero-order valence-corrected chi connectivity index (χ0v) is 9.92. The summed E-state index contributed by atoms with van der Waals surface area (Å²) in [7, 11) is 0. The van der Waals surface area contributed by atoms with Crippen LogP contribution in [-0.4, -0.2) is 36.3 Å². The van der Waals surface area contributed by atoms with E-state index in [1.807, 2.05) is 0 Å². The van der Waals surface area contributed by atoms with Crippen molar-refractivity contribution < 1.29 is 9.59 Å². The topological polar surface area (TPSA) is 49.4 Å². The number of hydrogen-bond donors (Lipinski definition) is 1. The van der Waals surface area contributed by atoms with E-state index >= 15 is 0 Å². The number of hydrogen-bond acceptors (Lipinski definition) is 3. The van der Waals surface area contributed by atoms with E-state index in [1.54, 1.807) is 0 Å². The molecule has 1 saturated heterocycles. The third-order valence-corrected chi connectivity index (χ3v) is 2.57. The largest absolute Gasteiger partial charge is 0.313 e. The van der Waals surface area contributed by atoms with Gasteiger partial charge >= 0.3 is 0 Å². The monoisotopic (exact) mass is 224 g/mol. The number of imide groups is 1. The Labute approximate surface area is 96.7 Å². The van der Waals surface area contributed by atoms with E-state index in [0.29, 0.717) is 32.4 Å². The van der Waals surface area contributed by atoms with Crippen LogP contribution < -0.4 is 5.32 Å². The first-order valence-corrected chi connectivity index (χ1v) is 5.85.